The zero-order chi connectivity index (χ0) is 14.0. The maximum Gasteiger partial charge on any atom is 0.0954 e. The molecule has 2 aromatic rings. The number of aromatic nitrogens is 1. The molecule has 3 rings (SSSR count). The van der Waals surface area contributed by atoms with Crippen LogP contribution >= 0.6 is 15.9 Å². The van der Waals surface area contributed by atoms with E-state index in [1.807, 2.05) is 18.2 Å². The number of nitrogens with zero attached hydrogens (tertiary/aromatic N) is 1. The van der Waals surface area contributed by atoms with Crippen molar-refractivity contribution in [1.82, 2.24) is 4.98 Å². The fourth-order valence-corrected chi connectivity index (χ4v) is 3.29. The summed E-state index contributed by atoms with van der Waals surface area (Å²) in [4.78, 5) is 4.41. The molecule has 0 fully saturated rings. The summed E-state index contributed by atoms with van der Waals surface area (Å²) in [5.74, 6) is 0. The van der Waals surface area contributed by atoms with Crippen molar-refractivity contribution < 1.29 is 5.11 Å². The van der Waals surface area contributed by atoms with Crippen LogP contribution in [0.3, 0.4) is 0 Å². The molecule has 0 amide bonds. The number of halogens is 1. The smallest absolute Gasteiger partial charge is 0.0954 e. The van der Waals surface area contributed by atoms with Gasteiger partial charge in [0.05, 0.1) is 5.60 Å². The SMILES string of the molecule is OC1(Cc2ccc(Br)cn2)CCCCc2ccccc21. The van der Waals surface area contributed by atoms with E-state index in [-0.39, 0.29) is 0 Å². The molecule has 1 N–H and O–H groups in total. The van der Waals surface area contributed by atoms with Crippen molar-refractivity contribution in [2.24, 2.45) is 0 Å². The molecule has 1 aliphatic carbocycles. The number of hydrogen-bond donors (Lipinski definition) is 1. The minimum absolute atomic E-state index is 0.581. The third kappa shape index (κ3) is 2.79. The van der Waals surface area contributed by atoms with Crippen molar-refractivity contribution in [3.8, 4) is 0 Å². The van der Waals surface area contributed by atoms with Gasteiger partial charge < -0.3 is 5.11 Å². The Morgan fingerprint density at radius 1 is 1.15 bits per heavy atom. The largest absolute Gasteiger partial charge is 0.385 e. The molecule has 1 aromatic carbocycles. The average molecular weight is 332 g/mol. The summed E-state index contributed by atoms with van der Waals surface area (Å²) >= 11 is 3.40. The minimum atomic E-state index is -0.784. The molecule has 2 nitrogen and oxygen atoms in total. The summed E-state index contributed by atoms with van der Waals surface area (Å²) in [6, 6.07) is 12.2. The Bertz CT molecular complexity index is 596. The van der Waals surface area contributed by atoms with Crippen LogP contribution in [-0.4, -0.2) is 10.1 Å². The Morgan fingerprint density at radius 2 is 2.00 bits per heavy atom. The third-order valence-electron chi connectivity index (χ3n) is 4.07. The van der Waals surface area contributed by atoms with Crippen LogP contribution < -0.4 is 0 Å². The minimum Gasteiger partial charge on any atom is -0.385 e. The number of aliphatic hydroxyl groups is 1. The molecule has 1 heterocycles. The lowest BCUT2D eigenvalue weighted by Crippen LogP contribution is -2.29. The van der Waals surface area contributed by atoms with Crippen LogP contribution in [0.2, 0.25) is 0 Å². The molecule has 0 spiro atoms. The molecule has 0 saturated carbocycles. The third-order valence-corrected chi connectivity index (χ3v) is 4.54. The second-order valence-electron chi connectivity index (χ2n) is 5.54. The molecule has 1 aromatic heterocycles. The lowest BCUT2D eigenvalue weighted by molar-refractivity contribution is 0.0262. The van der Waals surface area contributed by atoms with Gasteiger partial charge >= 0.3 is 0 Å². The summed E-state index contributed by atoms with van der Waals surface area (Å²) in [5, 5.41) is 11.2. The van der Waals surface area contributed by atoms with Crippen molar-refractivity contribution in [2.75, 3.05) is 0 Å². The normalized spacial score (nSPS) is 22.1. The Morgan fingerprint density at radius 3 is 2.80 bits per heavy atom. The van der Waals surface area contributed by atoms with E-state index < -0.39 is 5.60 Å². The zero-order valence-corrected chi connectivity index (χ0v) is 12.9. The van der Waals surface area contributed by atoms with E-state index in [0.717, 1.165) is 41.4 Å². The maximum absolute atomic E-state index is 11.2. The summed E-state index contributed by atoms with van der Waals surface area (Å²) in [7, 11) is 0. The van der Waals surface area contributed by atoms with Gasteiger partial charge in [-0.25, -0.2) is 0 Å². The van der Waals surface area contributed by atoms with Crippen LogP contribution in [-0.2, 0) is 18.4 Å². The summed E-state index contributed by atoms with van der Waals surface area (Å²) in [5.41, 5.74) is 2.52. The van der Waals surface area contributed by atoms with Gasteiger partial charge in [-0.2, -0.15) is 0 Å². The van der Waals surface area contributed by atoms with Gasteiger partial charge in [0.2, 0.25) is 0 Å². The molecule has 20 heavy (non-hydrogen) atoms. The highest BCUT2D eigenvalue weighted by Gasteiger charge is 2.33. The van der Waals surface area contributed by atoms with Gasteiger partial charge in [-0.1, -0.05) is 24.3 Å². The second kappa shape index (κ2) is 5.66. The number of benzene rings is 1. The number of fused-ring (bicyclic) bond motifs is 1. The Balaban J connectivity index is 1.96. The van der Waals surface area contributed by atoms with Gasteiger partial charge in [-0.05, 0) is 64.9 Å². The summed E-state index contributed by atoms with van der Waals surface area (Å²) < 4.78 is 0.967. The Hall–Kier alpha value is -1.19. The quantitative estimate of drug-likeness (QED) is 0.843. The maximum atomic E-state index is 11.2. The first-order valence-corrected chi connectivity index (χ1v) is 7.88. The van der Waals surface area contributed by atoms with Gasteiger partial charge in [0, 0.05) is 22.8 Å². The highest BCUT2D eigenvalue weighted by Crippen LogP contribution is 2.36. The zero-order valence-electron chi connectivity index (χ0n) is 11.3. The molecule has 1 aliphatic rings. The van der Waals surface area contributed by atoms with Crippen molar-refractivity contribution in [3.05, 3.63) is 63.9 Å². The average Bonchev–Trinajstić information content (AvgIpc) is 2.62. The topological polar surface area (TPSA) is 33.1 Å². The first-order valence-electron chi connectivity index (χ1n) is 7.09. The van der Waals surface area contributed by atoms with Crippen LogP contribution in [0.4, 0.5) is 0 Å². The van der Waals surface area contributed by atoms with Crippen molar-refractivity contribution in [3.63, 3.8) is 0 Å². The summed E-state index contributed by atoms with van der Waals surface area (Å²) in [6.07, 6.45) is 6.45. The molecule has 0 saturated heterocycles. The molecular formula is C17H18BrNO. The predicted octanol–water partition coefficient (Wildman–Crippen LogP) is 4.00. The number of hydrogen-bond acceptors (Lipinski definition) is 2. The van der Waals surface area contributed by atoms with E-state index in [0.29, 0.717) is 6.42 Å². The molecule has 104 valence electrons. The number of rotatable bonds is 2. The molecule has 1 unspecified atom stereocenters. The van der Waals surface area contributed by atoms with Gasteiger partial charge in [0.15, 0.2) is 0 Å². The first kappa shape index (κ1) is 13.8. The lowest BCUT2D eigenvalue weighted by Gasteiger charge is -2.28. The van der Waals surface area contributed by atoms with Crippen molar-refractivity contribution >= 4 is 15.9 Å². The van der Waals surface area contributed by atoms with Crippen molar-refractivity contribution in [2.45, 2.75) is 37.7 Å². The highest BCUT2D eigenvalue weighted by molar-refractivity contribution is 9.10. The van der Waals surface area contributed by atoms with E-state index in [1.54, 1.807) is 6.20 Å². The Labute approximate surface area is 128 Å². The first-order chi connectivity index (χ1) is 9.67. The van der Waals surface area contributed by atoms with Crippen LogP contribution in [0, 0.1) is 0 Å². The van der Waals surface area contributed by atoms with E-state index in [2.05, 4.69) is 39.1 Å². The van der Waals surface area contributed by atoms with E-state index in [9.17, 15) is 5.11 Å². The highest BCUT2D eigenvalue weighted by atomic mass is 79.9. The molecular weight excluding hydrogens is 314 g/mol. The molecule has 0 radical (unpaired) electrons. The van der Waals surface area contributed by atoms with Crippen molar-refractivity contribution in [1.29, 1.82) is 0 Å². The monoisotopic (exact) mass is 331 g/mol. The lowest BCUT2D eigenvalue weighted by atomic mass is 9.84. The number of aryl methyl sites for hydroxylation is 1. The second-order valence-corrected chi connectivity index (χ2v) is 6.46. The van der Waals surface area contributed by atoms with Gasteiger partial charge in [0.25, 0.3) is 0 Å². The summed E-state index contributed by atoms with van der Waals surface area (Å²) in [6.45, 7) is 0. The molecule has 1 atom stereocenters. The van der Waals surface area contributed by atoms with E-state index in [4.69, 9.17) is 0 Å². The van der Waals surface area contributed by atoms with Gasteiger partial charge in [-0.3, -0.25) is 4.98 Å². The molecule has 0 bridgehead atoms. The fraction of sp³-hybridized carbons (Fsp3) is 0.353. The van der Waals surface area contributed by atoms with E-state index >= 15 is 0 Å². The van der Waals surface area contributed by atoms with Gasteiger partial charge in [0.1, 0.15) is 0 Å². The number of pyridine rings is 1. The van der Waals surface area contributed by atoms with Gasteiger partial charge in [-0.15, -0.1) is 0 Å². The van der Waals surface area contributed by atoms with Crippen LogP contribution in [0.15, 0.2) is 47.1 Å². The standard InChI is InChI=1S/C17H18BrNO/c18-14-8-9-15(19-12-14)11-17(20)10-4-3-6-13-5-1-2-7-16(13)17/h1-2,5,7-9,12,20H,3-4,6,10-11H2. The Kier molecular flexibility index (Phi) is 3.90. The fourth-order valence-electron chi connectivity index (χ4n) is 3.05. The van der Waals surface area contributed by atoms with E-state index in [1.165, 1.54) is 5.56 Å². The van der Waals surface area contributed by atoms with Crippen LogP contribution in [0.1, 0.15) is 36.1 Å². The van der Waals surface area contributed by atoms with Crippen LogP contribution in [0.5, 0.6) is 0 Å². The predicted molar refractivity (Wildman–Crippen MR) is 83.5 cm³/mol. The molecule has 0 aliphatic heterocycles. The van der Waals surface area contributed by atoms with Crippen LogP contribution in [0.25, 0.3) is 0 Å². The molecule has 3 heteroatoms.